The summed E-state index contributed by atoms with van der Waals surface area (Å²) in [6.45, 7) is 6.88. The number of fused-ring (bicyclic) bond motifs is 1. The minimum absolute atomic E-state index is 0.263. The van der Waals surface area contributed by atoms with E-state index in [1.807, 2.05) is 11.8 Å². The maximum atomic E-state index is 4.47. The molecule has 106 valence electrons. The Labute approximate surface area is 119 Å². The molecule has 2 heterocycles. The molecule has 0 bridgehead atoms. The molecule has 0 spiro atoms. The van der Waals surface area contributed by atoms with Crippen molar-refractivity contribution >= 4 is 11.8 Å². The molecule has 1 fully saturated rings. The van der Waals surface area contributed by atoms with E-state index in [0.717, 1.165) is 16.7 Å². The number of hydrogen-bond donors (Lipinski definition) is 1. The Morgan fingerprint density at radius 1 is 1.16 bits per heavy atom. The summed E-state index contributed by atoms with van der Waals surface area (Å²) < 4.78 is 2.18. The van der Waals surface area contributed by atoms with Crippen LogP contribution in [-0.4, -0.2) is 26.7 Å². The summed E-state index contributed by atoms with van der Waals surface area (Å²) in [5.74, 6) is 2.84. The van der Waals surface area contributed by atoms with Crippen molar-refractivity contribution in [3.05, 3.63) is 5.82 Å². The van der Waals surface area contributed by atoms with Crippen LogP contribution in [0.4, 0.5) is 0 Å². The highest BCUT2D eigenvalue weighted by Gasteiger charge is 2.32. The lowest BCUT2D eigenvalue weighted by molar-refractivity contribution is 0.330. The highest BCUT2D eigenvalue weighted by Crippen LogP contribution is 2.36. The lowest BCUT2D eigenvalue weighted by Crippen LogP contribution is -2.44. The van der Waals surface area contributed by atoms with Crippen LogP contribution in [0.15, 0.2) is 5.16 Å². The zero-order chi connectivity index (χ0) is 13.5. The van der Waals surface area contributed by atoms with Gasteiger partial charge in [-0.1, -0.05) is 51.8 Å². The molecule has 1 N–H and O–H groups in total. The number of rotatable bonds is 1. The standard InChI is InChI=1S/C14H24N4S/c1-14(2,3)11-9-19-13-16-15-12(18(13)17-11)10-7-5-4-6-8-10/h10-11,17H,4-9H2,1-3H3. The fourth-order valence-corrected chi connectivity index (χ4v) is 4.18. The van der Waals surface area contributed by atoms with Gasteiger partial charge in [0.2, 0.25) is 5.16 Å². The summed E-state index contributed by atoms with van der Waals surface area (Å²) in [6.07, 6.45) is 6.59. The predicted octanol–water partition coefficient (Wildman–Crippen LogP) is 3.39. The Balaban J connectivity index is 1.84. The number of nitrogens with one attached hydrogen (secondary N) is 1. The van der Waals surface area contributed by atoms with Gasteiger partial charge in [0.1, 0.15) is 0 Å². The van der Waals surface area contributed by atoms with Gasteiger partial charge in [-0.3, -0.25) is 0 Å². The maximum absolute atomic E-state index is 4.47. The van der Waals surface area contributed by atoms with E-state index in [4.69, 9.17) is 0 Å². The van der Waals surface area contributed by atoms with Crippen molar-refractivity contribution in [2.24, 2.45) is 5.41 Å². The van der Waals surface area contributed by atoms with Crippen LogP contribution in [0.2, 0.25) is 0 Å². The van der Waals surface area contributed by atoms with Crippen molar-refractivity contribution in [1.82, 2.24) is 14.9 Å². The lowest BCUT2D eigenvalue weighted by atomic mass is 9.88. The van der Waals surface area contributed by atoms with Gasteiger partial charge in [-0.15, -0.1) is 10.2 Å². The zero-order valence-corrected chi connectivity index (χ0v) is 13.0. The molecule has 2 aliphatic rings. The minimum atomic E-state index is 0.263. The smallest absolute Gasteiger partial charge is 0.210 e. The summed E-state index contributed by atoms with van der Waals surface area (Å²) in [4.78, 5) is 0. The van der Waals surface area contributed by atoms with Crippen LogP contribution in [-0.2, 0) is 0 Å². The molecule has 0 aromatic carbocycles. The van der Waals surface area contributed by atoms with Crippen LogP contribution >= 0.6 is 11.8 Å². The van der Waals surface area contributed by atoms with E-state index in [1.165, 1.54) is 32.1 Å². The Morgan fingerprint density at radius 3 is 2.58 bits per heavy atom. The van der Waals surface area contributed by atoms with Gasteiger partial charge in [0.05, 0.1) is 6.04 Å². The Hall–Kier alpha value is -0.710. The minimum Gasteiger partial charge on any atom is -0.318 e. The van der Waals surface area contributed by atoms with E-state index in [-0.39, 0.29) is 5.41 Å². The molecule has 4 nitrogen and oxygen atoms in total. The third kappa shape index (κ3) is 2.62. The van der Waals surface area contributed by atoms with E-state index in [1.54, 1.807) is 0 Å². The fourth-order valence-electron chi connectivity index (χ4n) is 2.92. The van der Waals surface area contributed by atoms with E-state index in [0.29, 0.717) is 12.0 Å². The average Bonchev–Trinajstić information content (AvgIpc) is 2.81. The number of aromatic nitrogens is 3. The quantitative estimate of drug-likeness (QED) is 0.856. The highest BCUT2D eigenvalue weighted by molar-refractivity contribution is 7.99. The molecule has 1 unspecified atom stereocenters. The summed E-state index contributed by atoms with van der Waals surface area (Å²) in [7, 11) is 0. The molecule has 0 radical (unpaired) electrons. The van der Waals surface area contributed by atoms with Gasteiger partial charge in [0.25, 0.3) is 0 Å². The number of hydrogen-bond acceptors (Lipinski definition) is 4. The van der Waals surface area contributed by atoms with Gasteiger partial charge in [-0.25, -0.2) is 4.68 Å². The molecule has 5 heteroatoms. The van der Waals surface area contributed by atoms with Gasteiger partial charge in [0.15, 0.2) is 5.82 Å². The fraction of sp³-hybridized carbons (Fsp3) is 0.857. The molecule has 3 rings (SSSR count). The highest BCUT2D eigenvalue weighted by atomic mass is 32.2. The molecule has 0 amide bonds. The number of thioether (sulfide) groups is 1. The van der Waals surface area contributed by atoms with Gasteiger partial charge in [0, 0.05) is 11.7 Å². The first-order valence-electron chi connectivity index (χ1n) is 7.40. The average molecular weight is 280 g/mol. The van der Waals surface area contributed by atoms with E-state index >= 15 is 0 Å². The summed E-state index contributed by atoms with van der Waals surface area (Å²) >= 11 is 1.84. The van der Waals surface area contributed by atoms with Crippen LogP contribution in [0.25, 0.3) is 0 Å². The third-order valence-corrected chi connectivity index (χ3v) is 5.36. The summed E-state index contributed by atoms with van der Waals surface area (Å²) in [5.41, 5.74) is 3.92. The summed E-state index contributed by atoms with van der Waals surface area (Å²) in [5, 5.41) is 9.87. The molecule has 1 saturated carbocycles. The van der Waals surface area contributed by atoms with Crippen molar-refractivity contribution in [2.45, 2.75) is 70.0 Å². The Bertz CT molecular complexity index is 443. The molecule has 1 aliphatic heterocycles. The van der Waals surface area contributed by atoms with Crippen LogP contribution in [0, 0.1) is 5.41 Å². The van der Waals surface area contributed by atoms with Crippen LogP contribution in [0.3, 0.4) is 0 Å². The topological polar surface area (TPSA) is 42.7 Å². The van der Waals surface area contributed by atoms with Crippen molar-refractivity contribution in [2.75, 3.05) is 11.2 Å². The molecule has 19 heavy (non-hydrogen) atoms. The van der Waals surface area contributed by atoms with Crippen molar-refractivity contribution in [3.63, 3.8) is 0 Å². The van der Waals surface area contributed by atoms with Gasteiger partial charge >= 0.3 is 0 Å². The van der Waals surface area contributed by atoms with Crippen LogP contribution in [0.1, 0.15) is 64.6 Å². The van der Waals surface area contributed by atoms with Gasteiger partial charge in [-0.2, -0.15) is 0 Å². The van der Waals surface area contributed by atoms with Crippen molar-refractivity contribution in [1.29, 1.82) is 0 Å². The van der Waals surface area contributed by atoms with Crippen LogP contribution in [0.5, 0.6) is 0 Å². The molecule has 0 saturated heterocycles. The van der Waals surface area contributed by atoms with E-state index in [2.05, 4.69) is 41.1 Å². The second kappa shape index (κ2) is 5.00. The van der Waals surface area contributed by atoms with E-state index < -0.39 is 0 Å². The first-order valence-corrected chi connectivity index (χ1v) is 8.39. The number of nitrogens with zero attached hydrogens (tertiary/aromatic N) is 3. The molecular weight excluding hydrogens is 256 g/mol. The van der Waals surface area contributed by atoms with Gasteiger partial charge in [-0.05, 0) is 18.3 Å². The monoisotopic (exact) mass is 280 g/mol. The van der Waals surface area contributed by atoms with Crippen LogP contribution < -0.4 is 5.43 Å². The first-order chi connectivity index (χ1) is 9.05. The second-order valence-corrected chi connectivity index (χ2v) is 7.86. The Morgan fingerprint density at radius 2 is 1.89 bits per heavy atom. The predicted molar refractivity (Wildman–Crippen MR) is 79.2 cm³/mol. The molecule has 1 aromatic rings. The maximum Gasteiger partial charge on any atom is 0.210 e. The van der Waals surface area contributed by atoms with Crippen molar-refractivity contribution < 1.29 is 0 Å². The second-order valence-electron chi connectivity index (χ2n) is 6.87. The van der Waals surface area contributed by atoms with E-state index in [9.17, 15) is 0 Å². The third-order valence-electron chi connectivity index (χ3n) is 4.34. The van der Waals surface area contributed by atoms with Gasteiger partial charge < -0.3 is 5.43 Å². The SMILES string of the molecule is CC(C)(C)C1CSc2nnc(C3CCCCC3)n2N1. The normalized spacial score (nSPS) is 24.9. The Kier molecular flexibility index (Phi) is 3.50. The first kappa shape index (κ1) is 13.3. The van der Waals surface area contributed by atoms with Crippen molar-refractivity contribution in [3.8, 4) is 0 Å². The zero-order valence-electron chi connectivity index (χ0n) is 12.1. The largest absolute Gasteiger partial charge is 0.318 e. The molecule has 1 aromatic heterocycles. The summed E-state index contributed by atoms with van der Waals surface area (Å²) in [6, 6.07) is 0.475. The molecule has 1 atom stereocenters. The molecule has 1 aliphatic carbocycles. The molecular formula is C14H24N4S. The lowest BCUT2D eigenvalue weighted by Gasteiger charge is -2.36.